The molecule has 0 saturated heterocycles. The predicted octanol–water partition coefficient (Wildman–Crippen LogP) is 2.81. The normalized spacial score (nSPS) is 12.0. The van der Waals surface area contributed by atoms with E-state index in [9.17, 15) is 18.0 Å². The fraction of sp³-hybridized carbons (Fsp3) is 0.259. The van der Waals surface area contributed by atoms with Crippen LogP contribution < -0.4 is 33.9 Å². The molecule has 39 heavy (non-hydrogen) atoms. The smallest absolute Gasteiger partial charge is 0.253 e. The van der Waals surface area contributed by atoms with Crippen LogP contribution in [0.15, 0.2) is 60.7 Å². The van der Waals surface area contributed by atoms with E-state index in [-0.39, 0.29) is 29.6 Å². The molecule has 3 aromatic carbocycles. The van der Waals surface area contributed by atoms with Crippen molar-refractivity contribution in [3.8, 4) is 23.0 Å². The van der Waals surface area contributed by atoms with E-state index in [0.29, 0.717) is 36.0 Å². The number of hydrogen-bond acceptors (Lipinski definition) is 8. The standard InChI is InChI=1S/C27H29N3O8S/c1-35-22-10-8-18(14-24(22)36-2)12-13-28-27(32)20-6-4-5-7-21(20)29-26(31)16-30(39(3,33)34)19-9-11-23-25(15-19)38-17-37-23/h4-11,14-15H,12-13,16-17H2,1-3H3,(H,28,32)(H,29,31). The summed E-state index contributed by atoms with van der Waals surface area (Å²) in [6, 6.07) is 16.6. The molecule has 0 atom stereocenters. The van der Waals surface area contributed by atoms with Gasteiger partial charge in [-0.2, -0.15) is 0 Å². The molecule has 0 radical (unpaired) electrons. The minimum Gasteiger partial charge on any atom is -0.493 e. The van der Waals surface area contributed by atoms with Crippen LogP contribution in [-0.2, 0) is 21.2 Å². The van der Waals surface area contributed by atoms with Crippen molar-refractivity contribution in [3.63, 3.8) is 0 Å². The van der Waals surface area contributed by atoms with Crippen molar-refractivity contribution in [2.24, 2.45) is 0 Å². The molecule has 0 aliphatic carbocycles. The van der Waals surface area contributed by atoms with Gasteiger partial charge in [0.2, 0.25) is 22.7 Å². The third kappa shape index (κ3) is 6.71. The highest BCUT2D eigenvalue weighted by Gasteiger charge is 2.24. The van der Waals surface area contributed by atoms with Gasteiger partial charge in [-0.05, 0) is 48.4 Å². The number of sulfonamides is 1. The number of amides is 2. The first-order chi connectivity index (χ1) is 18.7. The lowest BCUT2D eigenvalue weighted by Crippen LogP contribution is -2.37. The maximum absolute atomic E-state index is 12.9. The summed E-state index contributed by atoms with van der Waals surface area (Å²) < 4.78 is 47.1. The molecular weight excluding hydrogens is 526 g/mol. The van der Waals surface area contributed by atoms with Gasteiger partial charge in [-0.15, -0.1) is 0 Å². The Bertz CT molecular complexity index is 1480. The molecule has 3 aromatic rings. The number of rotatable bonds is 11. The van der Waals surface area contributed by atoms with Crippen molar-refractivity contribution in [2.45, 2.75) is 6.42 Å². The monoisotopic (exact) mass is 555 g/mol. The zero-order valence-electron chi connectivity index (χ0n) is 21.7. The molecule has 1 heterocycles. The Labute approximate surface area is 226 Å². The van der Waals surface area contributed by atoms with E-state index >= 15 is 0 Å². The van der Waals surface area contributed by atoms with Gasteiger partial charge in [0.1, 0.15) is 6.54 Å². The quantitative estimate of drug-likeness (QED) is 0.369. The van der Waals surface area contributed by atoms with Crippen LogP contribution in [0.25, 0.3) is 0 Å². The van der Waals surface area contributed by atoms with Gasteiger partial charge in [0, 0.05) is 12.6 Å². The molecule has 0 saturated carbocycles. The fourth-order valence-corrected chi connectivity index (χ4v) is 4.85. The molecule has 1 aliphatic rings. The molecule has 4 rings (SSSR count). The zero-order chi connectivity index (χ0) is 28.0. The Morgan fingerprint density at radius 1 is 0.949 bits per heavy atom. The first-order valence-corrected chi connectivity index (χ1v) is 13.8. The largest absolute Gasteiger partial charge is 0.493 e. The fourth-order valence-electron chi connectivity index (χ4n) is 4.00. The minimum absolute atomic E-state index is 0.0330. The van der Waals surface area contributed by atoms with Crippen molar-refractivity contribution < 1.29 is 37.0 Å². The van der Waals surface area contributed by atoms with Crippen molar-refractivity contribution in [2.75, 3.05) is 50.0 Å². The lowest BCUT2D eigenvalue weighted by Gasteiger charge is -2.22. The third-order valence-electron chi connectivity index (χ3n) is 5.92. The number of benzene rings is 3. The molecule has 0 bridgehead atoms. The van der Waals surface area contributed by atoms with E-state index in [0.717, 1.165) is 16.1 Å². The van der Waals surface area contributed by atoms with Crippen LogP contribution in [-0.4, -0.2) is 60.6 Å². The van der Waals surface area contributed by atoms with Crippen LogP contribution in [0.3, 0.4) is 0 Å². The maximum atomic E-state index is 12.9. The summed E-state index contributed by atoms with van der Waals surface area (Å²) in [4.78, 5) is 25.9. The number of methoxy groups -OCH3 is 2. The highest BCUT2D eigenvalue weighted by Crippen LogP contribution is 2.36. The van der Waals surface area contributed by atoms with E-state index in [1.54, 1.807) is 50.6 Å². The van der Waals surface area contributed by atoms with Crippen molar-refractivity contribution in [1.29, 1.82) is 0 Å². The summed E-state index contributed by atoms with van der Waals surface area (Å²) in [5.41, 5.74) is 1.69. The van der Waals surface area contributed by atoms with Gasteiger partial charge in [0.05, 0.1) is 37.4 Å². The van der Waals surface area contributed by atoms with E-state index < -0.39 is 22.5 Å². The Balaban J connectivity index is 1.41. The van der Waals surface area contributed by atoms with Crippen molar-refractivity contribution in [3.05, 3.63) is 71.8 Å². The van der Waals surface area contributed by atoms with Gasteiger partial charge in [-0.1, -0.05) is 18.2 Å². The lowest BCUT2D eigenvalue weighted by atomic mass is 10.1. The zero-order valence-corrected chi connectivity index (χ0v) is 22.5. The Morgan fingerprint density at radius 3 is 2.44 bits per heavy atom. The second-order valence-electron chi connectivity index (χ2n) is 8.60. The van der Waals surface area contributed by atoms with Crippen molar-refractivity contribution >= 4 is 33.2 Å². The molecule has 1 aliphatic heterocycles. The van der Waals surface area contributed by atoms with Gasteiger partial charge < -0.3 is 29.6 Å². The Kier molecular flexibility index (Phi) is 8.45. The van der Waals surface area contributed by atoms with Crippen LogP contribution in [0.5, 0.6) is 23.0 Å². The number of carbonyl (C=O) groups excluding carboxylic acids is 2. The summed E-state index contributed by atoms with van der Waals surface area (Å²) in [6.45, 7) is -0.137. The lowest BCUT2D eigenvalue weighted by molar-refractivity contribution is -0.114. The molecule has 0 spiro atoms. The Morgan fingerprint density at radius 2 is 1.69 bits per heavy atom. The highest BCUT2D eigenvalue weighted by atomic mass is 32.2. The third-order valence-corrected chi connectivity index (χ3v) is 7.07. The number of fused-ring (bicyclic) bond motifs is 1. The first kappa shape index (κ1) is 27.6. The maximum Gasteiger partial charge on any atom is 0.253 e. The Hall–Kier alpha value is -4.45. The van der Waals surface area contributed by atoms with Crippen LogP contribution >= 0.6 is 0 Å². The first-order valence-electron chi connectivity index (χ1n) is 11.9. The number of para-hydroxylation sites is 1. The molecule has 206 valence electrons. The van der Waals surface area contributed by atoms with Gasteiger partial charge in [-0.3, -0.25) is 13.9 Å². The number of nitrogens with zero attached hydrogens (tertiary/aromatic N) is 1. The van der Waals surface area contributed by atoms with E-state index in [1.807, 2.05) is 12.1 Å². The van der Waals surface area contributed by atoms with Gasteiger partial charge >= 0.3 is 0 Å². The summed E-state index contributed by atoms with van der Waals surface area (Å²) in [5.74, 6) is 1.08. The second-order valence-corrected chi connectivity index (χ2v) is 10.5. The number of anilines is 2. The SMILES string of the molecule is COc1ccc(CCNC(=O)c2ccccc2NC(=O)CN(c2ccc3c(c2)OCO3)S(C)(=O)=O)cc1OC. The van der Waals surface area contributed by atoms with E-state index in [1.165, 1.54) is 12.1 Å². The second kappa shape index (κ2) is 11.9. The minimum atomic E-state index is -3.82. The van der Waals surface area contributed by atoms with Gasteiger partial charge in [0.15, 0.2) is 23.0 Å². The number of hydrogen-bond donors (Lipinski definition) is 2. The molecule has 0 fully saturated rings. The van der Waals surface area contributed by atoms with Gasteiger partial charge in [-0.25, -0.2) is 8.42 Å². The molecule has 12 heteroatoms. The highest BCUT2D eigenvalue weighted by molar-refractivity contribution is 7.92. The number of ether oxygens (including phenoxy) is 4. The summed E-state index contributed by atoms with van der Waals surface area (Å²) >= 11 is 0. The topological polar surface area (TPSA) is 132 Å². The number of carbonyl (C=O) groups is 2. The van der Waals surface area contributed by atoms with E-state index in [2.05, 4.69) is 10.6 Å². The average molecular weight is 556 g/mol. The molecule has 0 unspecified atom stereocenters. The summed E-state index contributed by atoms with van der Waals surface area (Å²) in [7, 11) is -0.703. The van der Waals surface area contributed by atoms with Crippen molar-refractivity contribution in [1.82, 2.24) is 5.32 Å². The van der Waals surface area contributed by atoms with Gasteiger partial charge in [0.25, 0.3) is 5.91 Å². The predicted molar refractivity (Wildman–Crippen MR) is 145 cm³/mol. The molecule has 2 amide bonds. The van der Waals surface area contributed by atoms with Crippen LogP contribution in [0.4, 0.5) is 11.4 Å². The average Bonchev–Trinajstić information content (AvgIpc) is 3.39. The summed E-state index contributed by atoms with van der Waals surface area (Å²) in [6.07, 6.45) is 1.55. The van der Waals surface area contributed by atoms with Crippen LogP contribution in [0, 0.1) is 0 Å². The molecule has 2 N–H and O–H groups in total. The number of nitrogens with one attached hydrogen (secondary N) is 2. The van der Waals surface area contributed by atoms with Crippen LogP contribution in [0.2, 0.25) is 0 Å². The molecule has 11 nitrogen and oxygen atoms in total. The summed E-state index contributed by atoms with van der Waals surface area (Å²) in [5, 5.41) is 5.51. The van der Waals surface area contributed by atoms with E-state index in [4.69, 9.17) is 18.9 Å². The van der Waals surface area contributed by atoms with Crippen LogP contribution in [0.1, 0.15) is 15.9 Å². The molecule has 0 aromatic heterocycles. The molecular formula is C27H29N3O8S.